The van der Waals surface area contributed by atoms with E-state index in [1.165, 1.54) is 4.90 Å². The minimum atomic E-state index is -0.712. The van der Waals surface area contributed by atoms with E-state index in [9.17, 15) is 14.7 Å². The molecule has 0 bridgehead atoms. The Morgan fingerprint density at radius 1 is 1.06 bits per heavy atom. The van der Waals surface area contributed by atoms with Crippen molar-refractivity contribution in [2.75, 3.05) is 33.8 Å². The highest BCUT2D eigenvalue weighted by atomic mass is 16.5. The van der Waals surface area contributed by atoms with Gasteiger partial charge in [0.2, 0.25) is 5.78 Å². The van der Waals surface area contributed by atoms with Gasteiger partial charge in [0.15, 0.2) is 0 Å². The normalized spacial score (nSPS) is 18.1. The van der Waals surface area contributed by atoms with Gasteiger partial charge in [-0.3, -0.25) is 9.59 Å². The molecular formula is C25H30N2O4. The van der Waals surface area contributed by atoms with Gasteiger partial charge in [-0.05, 0) is 36.6 Å². The lowest BCUT2D eigenvalue weighted by Crippen LogP contribution is -3.06. The second-order valence-electron chi connectivity index (χ2n) is 8.21. The second-order valence-corrected chi connectivity index (χ2v) is 8.21. The summed E-state index contributed by atoms with van der Waals surface area (Å²) in [7, 11) is 3.97. The van der Waals surface area contributed by atoms with Crippen molar-refractivity contribution in [3.05, 3.63) is 70.8 Å². The molecule has 0 aromatic heterocycles. The van der Waals surface area contributed by atoms with Gasteiger partial charge in [-0.25, -0.2) is 0 Å². The number of nitrogens with one attached hydrogen (secondary N) is 1. The Morgan fingerprint density at radius 2 is 1.71 bits per heavy atom. The van der Waals surface area contributed by atoms with Crippen molar-refractivity contribution in [1.29, 1.82) is 0 Å². The zero-order chi connectivity index (χ0) is 22.5. The van der Waals surface area contributed by atoms with Gasteiger partial charge in [-0.15, -0.1) is 0 Å². The molecule has 1 N–H and O–H groups in total. The Balaban J connectivity index is 2.06. The fourth-order valence-electron chi connectivity index (χ4n) is 3.62. The minimum Gasteiger partial charge on any atom is -0.872 e. The van der Waals surface area contributed by atoms with Gasteiger partial charge in [0.25, 0.3) is 5.91 Å². The van der Waals surface area contributed by atoms with Crippen LogP contribution in [-0.4, -0.2) is 50.4 Å². The molecule has 3 rings (SSSR count). The second kappa shape index (κ2) is 9.79. The number of nitrogens with zero attached hydrogens (tertiary/aromatic N) is 1. The maximum atomic E-state index is 13.3. The van der Waals surface area contributed by atoms with Crippen molar-refractivity contribution in [2.45, 2.75) is 26.3 Å². The molecule has 1 saturated heterocycles. The molecule has 6 nitrogen and oxygen atoms in total. The Kier molecular flexibility index (Phi) is 7.13. The van der Waals surface area contributed by atoms with Crippen LogP contribution in [0.15, 0.2) is 54.1 Å². The third-order valence-electron chi connectivity index (χ3n) is 5.36. The topological polar surface area (TPSA) is 74.1 Å². The van der Waals surface area contributed by atoms with Crippen LogP contribution in [0, 0.1) is 6.92 Å². The van der Waals surface area contributed by atoms with Gasteiger partial charge in [0.05, 0.1) is 39.8 Å². The van der Waals surface area contributed by atoms with Gasteiger partial charge >= 0.3 is 0 Å². The summed E-state index contributed by atoms with van der Waals surface area (Å²) in [5, 5.41) is 13.3. The van der Waals surface area contributed by atoms with E-state index in [1.807, 2.05) is 64.3 Å². The molecular weight excluding hydrogens is 392 g/mol. The first-order chi connectivity index (χ1) is 14.8. The molecule has 1 amide bonds. The fraction of sp³-hybridized carbons (Fsp3) is 0.360. The van der Waals surface area contributed by atoms with Crippen LogP contribution >= 0.6 is 0 Å². The first-order valence-electron chi connectivity index (χ1n) is 10.7. The number of likely N-dealkylation sites (N-methyl/N-ethyl adjacent to an activating group) is 1. The number of ketones is 1. The number of quaternary nitrogens is 1. The Bertz CT molecular complexity index is 962. The van der Waals surface area contributed by atoms with Crippen LogP contribution in [0.1, 0.15) is 36.1 Å². The molecule has 1 fully saturated rings. The summed E-state index contributed by atoms with van der Waals surface area (Å²) in [5.41, 5.74) is 2.18. The molecule has 1 unspecified atom stereocenters. The van der Waals surface area contributed by atoms with Crippen LogP contribution in [-0.2, 0) is 9.59 Å². The van der Waals surface area contributed by atoms with Crippen LogP contribution in [0.2, 0.25) is 0 Å². The number of carbonyl (C=O) groups is 2. The maximum absolute atomic E-state index is 13.3. The van der Waals surface area contributed by atoms with Crippen LogP contribution in [0.3, 0.4) is 0 Å². The van der Waals surface area contributed by atoms with E-state index in [2.05, 4.69) is 0 Å². The van der Waals surface area contributed by atoms with E-state index in [1.54, 1.807) is 12.1 Å². The van der Waals surface area contributed by atoms with Gasteiger partial charge in [-0.2, -0.15) is 0 Å². The van der Waals surface area contributed by atoms with E-state index >= 15 is 0 Å². The number of carbonyl (C=O) groups excluding carboxylic acids is 2. The largest absolute Gasteiger partial charge is 0.872 e. The summed E-state index contributed by atoms with van der Waals surface area (Å²) in [4.78, 5) is 28.5. The van der Waals surface area contributed by atoms with Crippen molar-refractivity contribution in [3.63, 3.8) is 0 Å². The summed E-state index contributed by atoms with van der Waals surface area (Å²) >= 11 is 0. The monoisotopic (exact) mass is 422 g/mol. The third-order valence-corrected chi connectivity index (χ3v) is 5.36. The summed E-state index contributed by atoms with van der Waals surface area (Å²) in [6, 6.07) is 13.7. The van der Waals surface area contributed by atoms with Gasteiger partial charge < -0.3 is 19.6 Å². The highest BCUT2D eigenvalue weighted by Crippen LogP contribution is 2.38. The molecule has 0 aliphatic carbocycles. The zero-order valence-corrected chi connectivity index (χ0v) is 18.6. The highest BCUT2D eigenvalue weighted by molar-refractivity contribution is 6.46. The molecule has 1 atom stereocenters. The Morgan fingerprint density at radius 3 is 2.29 bits per heavy atom. The summed E-state index contributed by atoms with van der Waals surface area (Å²) in [5.74, 6) is -1.00. The smallest absolute Gasteiger partial charge is 0.295 e. The first kappa shape index (κ1) is 22.6. The summed E-state index contributed by atoms with van der Waals surface area (Å²) < 4.78 is 5.65. The lowest BCUT2D eigenvalue weighted by Gasteiger charge is -2.28. The van der Waals surface area contributed by atoms with Gasteiger partial charge in [-0.1, -0.05) is 54.6 Å². The number of aryl methyl sites for hydroxylation is 1. The van der Waals surface area contributed by atoms with Crippen molar-refractivity contribution in [3.8, 4) is 5.75 Å². The number of hydrogen-bond acceptors (Lipinski definition) is 4. The minimum absolute atomic E-state index is 0.0184. The number of amides is 1. The van der Waals surface area contributed by atoms with Crippen LogP contribution in [0.5, 0.6) is 5.75 Å². The number of hydrogen-bond donors (Lipinski definition) is 1. The molecule has 1 aliphatic heterocycles. The molecule has 0 saturated carbocycles. The predicted molar refractivity (Wildman–Crippen MR) is 117 cm³/mol. The number of likely N-dealkylation sites (tertiary alicyclic amines) is 1. The predicted octanol–water partition coefficient (Wildman–Crippen LogP) is 1.15. The quantitative estimate of drug-likeness (QED) is 0.394. The maximum Gasteiger partial charge on any atom is 0.295 e. The van der Waals surface area contributed by atoms with Gasteiger partial charge in [0.1, 0.15) is 5.75 Å². The number of ether oxygens (including phenoxy) is 1. The van der Waals surface area contributed by atoms with E-state index in [4.69, 9.17) is 4.74 Å². The molecule has 0 spiro atoms. The molecule has 2 aromatic carbocycles. The third kappa shape index (κ3) is 4.97. The van der Waals surface area contributed by atoms with E-state index < -0.39 is 23.5 Å². The summed E-state index contributed by atoms with van der Waals surface area (Å²) in [6.45, 7) is 5.63. The van der Waals surface area contributed by atoms with Gasteiger partial charge in [0, 0.05) is 5.57 Å². The molecule has 2 aromatic rings. The van der Waals surface area contributed by atoms with Crippen LogP contribution in [0.25, 0.3) is 5.76 Å². The highest BCUT2D eigenvalue weighted by Gasteiger charge is 2.44. The SMILES string of the molecule is CCCOc1ccc(C2/C(=C(\[O-])c3ccc(C)cc3)C(=O)C(=O)N2CC[NH+](C)C)cc1. The molecule has 1 heterocycles. The number of benzene rings is 2. The van der Waals surface area contributed by atoms with Crippen molar-refractivity contribution in [2.24, 2.45) is 0 Å². The Hall–Kier alpha value is -3.12. The Labute approximate surface area is 183 Å². The lowest BCUT2D eigenvalue weighted by atomic mass is 9.95. The molecule has 1 aliphatic rings. The van der Waals surface area contributed by atoms with E-state index in [0.717, 1.165) is 28.2 Å². The van der Waals surface area contributed by atoms with Crippen molar-refractivity contribution in [1.82, 2.24) is 4.90 Å². The number of rotatable bonds is 8. The standard InChI is InChI=1S/C25H30N2O4/c1-5-16-31-20-12-10-18(11-13-20)22-21(23(28)19-8-6-17(2)7-9-19)24(29)25(30)27(22)15-14-26(3)4/h6-13,22,28H,5,14-16H2,1-4H3/b23-21+. The molecule has 0 radical (unpaired) electrons. The summed E-state index contributed by atoms with van der Waals surface area (Å²) in [6.07, 6.45) is 0.900. The van der Waals surface area contributed by atoms with Crippen molar-refractivity contribution >= 4 is 17.4 Å². The average Bonchev–Trinajstić information content (AvgIpc) is 3.01. The number of Topliss-reactive ketones (excluding diaryl/α,β-unsaturated/α-hetero) is 1. The van der Waals surface area contributed by atoms with Crippen LogP contribution < -0.4 is 14.7 Å². The van der Waals surface area contributed by atoms with Crippen LogP contribution in [0.4, 0.5) is 0 Å². The van der Waals surface area contributed by atoms with Crippen molar-refractivity contribution < 1.29 is 24.3 Å². The molecule has 6 heteroatoms. The van der Waals surface area contributed by atoms with E-state index in [0.29, 0.717) is 25.3 Å². The average molecular weight is 423 g/mol. The fourth-order valence-corrected chi connectivity index (χ4v) is 3.62. The first-order valence-corrected chi connectivity index (χ1v) is 10.7. The van der Waals surface area contributed by atoms with E-state index in [-0.39, 0.29) is 5.57 Å². The lowest BCUT2D eigenvalue weighted by molar-refractivity contribution is -0.857. The molecule has 31 heavy (non-hydrogen) atoms. The zero-order valence-electron chi connectivity index (χ0n) is 18.6. The molecule has 164 valence electrons.